The first-order valence-electron chi connectivity index (χ1n) is 10.9. The van der Waals surface area contributed by atoms with E-state index in [1.165, 1.54) is 33.5 Å². The van der Waals surface area contributed by atoms with Gasteiger partial charge in [0.25, 0.3) is 0 Å². The van der Waals surface area contributed by atoms with Gasteiger partial charge in [-0.25, -0.2) is 0 Å². The Balaban J connectivity index is 1.66. The van der Waals surface area contributed by atoms with Crippen LogP contribution in [-0.2, 0) is 19.4 Å². The minimum Gasteiger partial charge on any atom is -0.508 e. The molecule has 0 fully saturated rings. The van der Waals surface area contributed by atoms with E-state index in [1.807, 2.05) is 12.1 Å². The van der Waals surface area contributed by atoms with Gasteiger partial charge in [0.05, 0.1) is 7.11 Å². The summed E-state index contributed by atoms with van der Waals surface area (Å²) in [6.45, 7) is 6.16. The van der Waals surface area contributed by atoms with Gasteiger partial charge < -0.3 is 14.7 Å². The fourth-order valence-corrected chi connectivity index (χ4v) is 4.56. The Hall–Kier alpha value is -2.94. The average molecular weight is 402 g/mol. The number of phenols is 1. The molecular weight excluding hydrogens is 370 g/mol. The Labute approximate surface area is 179 Å². The third kappa shape index (κ3) is 4.30. The van der Waals surface area contributed by atoms with Crippen molar-refractivity contribution < 1.29 is 9.84 Å². The highest BCUT2D eigenvalue weighted by atomic mass is 16.5. The van der Waals surface area contributed by atoms with Crippen LogP contribution in [0.2, 0.25) is 0 Å². The third-order valence-corrected chi connectivity index (χ3v) is 6.31. The molecule has 0 aromatic heterocycles. The first-order valence-corrected chi connectivity index (χ1v) is 10.9. The molecule has 0 unspecified atom stereocenters. The number of phenolic OH excluding ortho intramolecular Hbond substituents is 1. The van der Waals surface area contributed by atoms with Crippen LogP contribution in [0, 0.1) is 6.92 Å². The maximum atomic E-state index is 9.81. The molecule has 3 nitrogen and oxygen atoms in total. The van der Waals surface area contributed by atoms with Crippen molar-refractivity contribution in [1.82, 2.24) is 0 Å². The Bertz CT molecular complexity index is 1010. The fraction of sp³-hybridized carbons (Fsp3) is 0.333. The van der Waals surface area contributed by atoms with Crippen LogP contribution in [-0.4, -0.2) is 18.8 Å². The second-order valence-electron chi connectivity index (χ2n) is 8.32. The SMILES string of the molecule is CCN(Cc1ccc(C)cc1)c1cc(OC)ccc1[C@@H]1CCc2cc(O)ccc2C1. The molecule has 0 saturated heterocycles. The van der Waals surface area contributed by atoms with Crippen LogP contribution in [0.1, 0.15) is 47.1 Å². The summed E-state index contributed by atoms with van der Waals surface area (Å²) < 4.78 is 5.57. The molecule has 0 radical (unpaired) electrons. The van der Waals surface area contributed by atoms with Crippen molar-refractivity contribution in [2.24, 2.45) is 0 Å². The molecule has 0 spiro atoms. The van der Waals surface area contributed by atoms with Crippen LogP contribution < -0.4 is 9.64 Å². The van der Waals surface area contributed by atoms with Gasteiger partial charge in [0, 0.05) is 24.8 Å². The van der Waals surface area contributed by atoms with Crippen LogP contribution in [0.5, 0.6) is 11.5 Å². The van der Waals surface area contributed by atoms with Crippen LogP contribution >= 0.6 is 0 Å². The fourth-order valence-electron chi connectivity index (χ4n) is 4.56. The molecule has 3 heteroatoms. The molecule has 4 rings (SSSR count). The smallest absolute Gasteiger partial charge is 0.120 e. The third-order valence-electron chi connectivity index (χ3n) is 6.31. The summed E-state index contributed by atoms with van der Waals surface area (Å²) in [4.78, 5) is 2.45. The molecule has 3 aromatic rings. The molecule has 3 aromatic carbocycles. The zero-order chi connectivity index (χ0) is 21.1. The number of nitrogens with zero attached hydrogens (tertiary/aromatic N) is 1. The van der Waals surface area contributed by atoms with E-state index < -0.39 is 0 Å². The van der Waals surface area contributed by atoms with E-state index in [0.717, 1.165) is 38.1 Å². The van der Waals surface area contributed by atoms with Gasteiger partial charge in [-0.2, -0.15) is 0 Å². The first kappa shape index (κ1) is 20.3. The van der Waals surface area contributed by atoms with Crippen molar-refractivity contribution in [1.29, 1.82) is 0 Å². The summed E-state index contributed by atoms with van der Waals surface area (Å²) in [7, 11) is 1.73. The molecule has 1 atom stereocenters. The summed E-state index contributed by atoms with van der Waals surface area (Å²) in [5, 5.41) is 9.81. The molecule has 0 bridgehead atoms. The average Bonchev–Trinajstić information content (AvgIpc) is 2.78. The predicted octanol–water partition coefficient (Wildman–Crippen LogP) is 6.01. The van der Waals surface area contributed by atoms with Gasteiger partial charge in [-0.15, -0.1) is 0 Å². The van der Waals surface area contributed by atoms with Gasteiger partial charge in [0.1, 0.15) is 11.5 Å². The Morgan fingerprint density at radius 3 is 2.53 bits per heavy atom. The Morgan fingerprint density at radius 2 is 1.80 bits per heavy atom. The van der Waals surface area contributed by atoms with E-state index in [0.29, 0.717) is 11.7 Å². The number of fused-ring (bicyclic) bond motifs is 1. The summed E-state index contributed by atoms with van der Waals surface area (Å²) in [6.07, 6.45) is 3.11. The van der Waals surface area contributed by atoms with Gasteiger partial charge in [-0.05, 0) is 79.5 Å². The molecule has 1 aliphatic carbocycles. The van der Waals surface area contributed by atoms with E-state index in [2.05, 4.69) is 67.3 Å². The normalized spacial score (nSPS) is 15.5. The van der Waals surface area contributed by atoms with E-state index in [4.69, 9.17) is 4.74 Å². The minimum atomic E-state index is 0.368. The molecule has 1 aliphatic rings. The van der Waals surface area contributed by atoms with Crippen LogP contribution in [0.25, 0.3) is 0 Å². The highest BCUT2D eigenvalue weighted by Crippen LogP contribution is 2.40. The number of ether oxygens (including phenoxy) is 1. The number of aryl methyl sites for hydroxylation is 2. The van der Waals surface area contributed by atoms with Gasteiger partial charge in [0.15, 0.2) is 0 Å². The second kappa shape index (κ2) is 8.83. The number of rotatable bonds is 6. The number of anilines is 1. The van der Waals surface area contributed by atoms with Gasteiger partial charge >= 0.3 is 0 Å². The molecule has 0 aliphatic heterocycles. The number of hydrogen-bond donors (Lipinski definition) is 1. The van der Waals surface area contributed by atoms with E-state index >= 15 is 0 Å². The lowest BCUT2D eigenvalue weighted by Gasteiger charge is -2.32. The van der Waals surface area contributed by atoms with Crippen LogP contribution in [0.3, 0.4) is 0 Å². The zero-order valence-corrected chi connectivity index (χ0v) is 18.2. The molecular formula is C27H31NO2. The zero-order valence-electron chi connectivity index (χ0n) is 18.2. The summed E-state index contributed by atoms with van der Waals surface area (Å²) in [6, 6.07) is 21.2. The van der Waals surface area contributed by atoms with Gasteiger partial charge in [0.2, 0.25) is 0 Å². The van der Waals surface area contributed by atoms with Gasteiger partial charge in [-0.3, -0.25) is 0 Å². The van der Waals surface area contributed by atoms with E-state index in [-0.39, 0.29) is 0 Å². The van der Waals surface area contributed by atoms with Crippen LogP contribution in [0.15, 0.2) is 60.7 Å². The monoisotopic (exact) mass is 401 g/mol. The maximum absolute atomic E-state index is 9.81. The Kier molecular flexibility index (Phi) is 5.98. The van der Waals surface area contributed by atoms with Crippen LogP contribution in [0.4, 0.5) is 5.69 Å². The van der Waals surface area contributed by atoms with Crippen molar-refractivity contribution in [3.8, 4) is 11.5 Å². The van der Waals surface area contributed by atoms with Gasteiger partial charge in [-0.1, -0.05) is 42.0 Å². The minimum absolute atomic E-state index is 0.368. The number of hydrogen-bond acceptors (Lipinski definition) is 3. The number of benzene rings is 3. The van der Waals surface area contributed by atoms with Crippen molar-refractivity contribution in [2.75, 3.05) is 18.6 Å². The summed E-state index contributed by atoms with van der Waals surface area (Å²) >= 11 is 0. The lowest BCUT2D eigenvalue weighted by atomic mass is 9.79. The molecule has 0 amide bonds. The van der Waals surface area contributed by atoms with Crippen molar-refractivity contribution >= 4 is 5.69 Å². The number of aromatic hydroxyl groups is 1. The molecule has 0 saturated carbocycles. The molecule has 156 valence electrons. The second-order valence-corrected chi connectivity index (χ2v) is 8.32. The highest BCUT2D eigenvalue weighted by molar-refractivity contribution is 5.60. The van der Waals surface area contributed by atoms with Crippen molar-refractivity contribution in [3.05, 3.63) is 88.5 Å². The van der Waals surface area contributed by atoms with E-state index in [9.17, 15) is 5.11 Å². The topological polar surface area (TPSA) is 32.7 Å². The van der Waals surface area contributed by atoms with Crippen molar-refractivity contribution in [2.45, 2.75) is 45.6 Å². The van der Waals surface area contributed by atoms with Crippen molar-refractivity contribution in [3.63, 3.8) is 0 Å². The highest BCUT2D eigenvalue weighted by Gasteiger charge is 2.24. The predicted molar refractivity (Wildman–Crippen MR) is 124 cm³/mol. The number of methoxy groups -OCH3 is 1. The lowest BCUT2D eigenvalue weighted by Crippen LogP contribution is -2.25. The quantitative estimate of drug-likeness (QED) is 0.549. The summed E-state index contributed by atoms with van der Waals surface area (Å²) in [5.41, 5.74) is 7.91. The maximum Gasteiger partial charge on any atom is 0.120 e. The largest absolute Gasteiger partial charge is 0.508 e. The standard InChI is InChI=1S/C27H31NO2/c1-4-28(18-20-7-5-19(2)6-8-20)27-17-25(30-3)13-14-26(27)23-10-9-22-16-24(29)12-11-21(22)15-23/h5-8,11-14,16-17,23,29H,4,9-10,15,18H2,1-3H3/t23-/m1/s1. The summed E-state index contributed by atoms with van der Waals surface area (Å²) in [5.74, 6) is 1.74. The molecule has 30 heavy (non-hydrogen) atoms. The lowest BCUT2D eigenvalue weighted by molar-refractivity contribution is 0.414. The van der Waals surface area contributed by atoms with E-state index in [1.54, 1.807) is 7.11 Å². The molecule has 1 N–H and O–H groups in total. The Morgan fingerprint density at radius 1 is 1.00 bits per heavy atom. The molecule has 0 heterocycles. The first-order chi connectivity index (χ1) is 14.6.